The Morgan fingerprint density at radius 2 is 2.09 bits per heavy atom. The fourth-order valence-electron chi connectivity index (χ4n) is 2.38. The van der Waals surface area contributed by atoms with E-state index in [0.717, 1.165) is 5.56 Å². The summed E-state index contributed by atoms with van der Waals surface area (Å²) in [5.74, 6) is 0.775. The van der Waals surface area contributed by atoms with Crippen LogP contribution in [0, 0.1) is 0 Å². The van der Waals surface area contributed by atoms with E-state index < -0.39 is 11.7 Å². The van der Waals surface area contributed by atoms with Gasteiger partial charge in [-0.2, -0.15) is 0 Å². The molecular weight excluding hydrogens is 284 g/mol. The lowest BCUT2D eigenvalue weighted by Crippen LogP contribution is -2.27. The Hall–Kier alpha value is -2.24. The molecule has 0 bridgehead atoms. The summed E-state index contributed by atoms with van der Waals surface area (Å²) in [4.78, 5) is 23.2. The van der Waals surface area contributed by atoms with Gasteiger partial charge in [0, 0.05) is 30.1 Å². The second-order valence-corrected chi connectivity index (χ2v) is 6.29. The van der Waals surface area contributed by atoms with Crippen LogP contribution in [0.3, 0.4) is 0 Å². The van der Waals surface area contributed by atoms with Crippen LogP contribution in [0.4, 0.5) is 10.5 Å². The number of anilines is 1. The average Bonchev–Trinajstić information content (AvgIpc) is 2.83. The fraction of sp³-hybridized carbons (Fsp3) is 0.500. The summed E-state index contributed by atoms with van der Waals surface area (Å²) in [7, 11) is 1.59. The molecule has 0 aromatic heterocycles. The summed E-state index contributed by atoms with van der Waals surface area (Å²) < 4.78 is 10.6. The molecule has 0 saturated carbocycles. The van der Waals surface area contributed by atoms with Crippen molar-refractivity contribution >= 4 is 17.7 Å². The van der Waals surface area contributed by atoms with Gasteiger partial charge in [0.25, 0.3) is 0 Å². The number of hydrogen-bond donors (Lipinski definition) is 2. The molecule has 1 aromatic rings. The molecule has 6 nitrogen and oxygen atoms in total. The minimum absolute atomic E-state index is 0.0255. The Morgan fingerprint density at radius 1 is 1.36 bits per heavy atom. The molecule has 1 atom stereocenters. The maximum atomic E-state index is 11.8. The molecule has 120 valence electrons. The number of methoxy groups -OCH3 is 1. The van der Waals surface area contributed by atoms with E-state index in [9.17, 15) is 9.59 Å². The standard InChI is InChI=1S/C16H22N2O4/c1-16(2,3)22-15(20)18-11-5-6-13(21-4)12(8-11)10-7-14(19)17-9-10/h5-6,8,10H,7,9H2,1-4H3,(H,17,19)(H,18,20). The highest BCUT2D eigenvalue weighted by Crippen LogP contribution is 2.33. The zero-order valence-electron chi connectivity index (χ0n) is 13.4. The summed E-state index contributed by atoms with van der Waals surface area (Å²) in [6.45, 7) is 6.00. The molecule has 1 aromatic carbocycles. The smallest absolute Gasteiger partial charge is 0.412 e. The summed E-state index contributed by atoms with van der Waals surface area (Å²) >= 11 is 0. The summed E-state index contributed by atoms with van der Waals surface area (Å²) in [6.07, 6.45) is -0.0871. The van der Waals surface area contributed by atoms with E-state index in [2.05, 4.69) is 10.6 Å². The number of nitrogens with one attached hydrogen (secondary N) is 2. The van der Waals surface area contributed by atoms with Crippen molar-refractivity contribution in [1.29, 1.82) is 0 Å². The molecule has 0 radical (unpaired) electrons. The Morgan fingerprint density at radius 3 is 2.64 bits per heavy atom. The number of hydrogen-bond acceptors (Lipinski definition) is 4. The van der Waals surface area contributed by atoms with Gasteiger partial charge in [0.15, 0.2) is 0 Å². The van der Waals surface area contributed by atoms with Crippen LogP contribution in [0.25, 0.3) is 0 Å². The topological polar surface area (TPSA) is 76.7 Å². The zero-order chi connectivity index (χ0) is 16.3. The van der Waals surface area contributed by atoms with Gasteiger partial charge in [0.2, 0.25) is 5.91 Å². The van der Waals surface area contributed by atoms with Crippen molar-refractivity contribution in [2.75, 3.05) is 19.0 Å². The zero-order valence-corrected chi connectivity index (χ0v) is 13.4. The number of benzene rings is 1. The molecule has 2 amide bonds. The van der Waals surface area contributed by atoms with Crippen molar-refractivity contribution in [3.05, 3.63) is 23.8 Å². The maximum absolute atomic E-state index is 11.8. The number of rotatable bonds is 3. The van der Waals surface area contributed by atoms with Crippen molar-refractivity contribution in [2.45, 2.75) is 38.7 Å². The van der Waals surface area contributed by atoms with Crippen molar-refractivity contribution in [3.8, 4) is 5.75 Å². The van der Waals surface area contributed by atoms with E-state index in [1.54, 1.807) is 19.2 Å². The van der Waals surface area contributed by atoms with Crippen molar-refractivity contribution in [2.24, 2.45) is 0 Å². The molecule has 1 heterocycles. The number of ether oxygens (including phenoxy) is 2. The summed E-state index contributed by atoms with van der Waals surface area (Å²) in [5, 5.41) is 5.51. The molecule has 1 saturated heterocycles. The van der Waals surface area contributed by atoms with E-state index in [-0.39, 0.29) is 11.8 Å². The van der Waals surface area contributed by atoms with Crippen molar-refractivity contribution in [3.63, 3.8) is 0 Å². The van der Waals surface area contributed by atoms with Gasteiger partial charge in [-0.05, 0) is 39.0 Å². The van der Waals surface area contributed by atoms with Gasteiger partial charge in [-0.25, -0.2) is 4.79 Å². The van der Waals surface area contributed by atoms with Gasteiger partial charge >= 0.3 is 6.09 Å². The highest BCUT2D eigenvalue weighted by molar-refractivity contribution is 5.85. The number of amides is 2. The molecule has 6 heteroatoms. The van der Waals surface area contributed by atoms with Crippen LogP contribution in [-0.2, 0) is 9.53 Å². The molecule has 2 rings (SSSR count). The van der Waals surface area contributed by atoms with Gasteiger partial charge in [0.1, 0.15) is 11.4 Å². The van der Waals surface area contributed by atoms with Crippen LogP contribution >= 0.6 is 0 Å². The van der Waals surface area contributed by atoms with Gasteiger partial charge in [-0.3, -0.25) is 10.1 Å². The predicted octanol–water partition coefficient (Wildman–Crippen LogP) is 2.65. The third-order valence-electron chi connectivity index (χ3n) is 3.29. The first kappa shape index (κ1) is 16.1. The first-order valence-electron chi connectivity index (χ1n) is 7.23. The first-order chi connectivity index (χ1) is 10.3. The number of carbonyl (C=O) groups is 2. The first-order valence-corrected chi connectivity index (χ1v) is 7.23. The second kappa shape index (κ2) is 6.25. The minimum atomic E-state index is -0.554. The lowest BCUT2D eigenvalue weighted by molar-refractivity contribution is -0.119. The lowest BCUT2D eigenvalue weighted by atomic mass is 9.96. The molecule has 0 spiro atoms. The summed E-state index contributed by atoms with van der Waals surface area (Å²) in [5.41, 5.74) is 0.958. The highest BCUT2D eigenvalue weighted by atomic mass is 16.6. The lowest BCUT2D eigenvalue weighted by Gasteiger charge is -2.20. The van der Waals surface area contributed by atoms with Gasteiger partial charge in [-0.1, -0.05) is 0 Å². The highest BCUT2D eigenvalue weighted by Gasteiger charge is 2.26. The van der Waals surface area contributed by atoms with Gasteiger partial charge in [-0.15, -0.1) is 0 Å². The Labute approximate surface area is 130 Å². The fourth-order valence-corrected chi connectivity index (χ4v) is 2.38. The average molecular weight is 306 g/mol. The third kappa shape index (κ3) is 4.13. The molecule has 22 heavy (non-hydrogen) atoms. The van der Waals surface area contributed by atoms with Crippen LogP contribution in [-0.4, -0.2) is 31.3 Å². The molecule has 1 aliphatic heterocycles. The molecule has 2 N–H and O–H groups in total. The molecule has 0 aliphatic carbocycles. The molecule has 1 fully saturated rings. The van der Waals surface area contributed by atoms with Gasteiger partial charge in [0.05, 0.1) is 7.11 Å². The van der Waals surface area contributed by atoms with E-state index in [1.165, 1.54) is 0 Å². The predicted molar refractivity (Wildman–Crippen MR) is 83.2 cm³/mol. The Bertz CT molecular complexity index is 578. The van der Waals surface area contributed by atoms with Crippen LogP contribution in [0.1, 0.15) is 38.7 Å². The number of carbonyl (C=O) groups excluding carboxylic acids is 2. The van der Waals surface area contributed by atoms with E-state index in [4.69, 9.17) is 9.47 Å². The van der Waals surface area contributed by atoms with Crippen LogP contribution in [0.15, 0.2) is 18.2 Å². The van der Waals surface area contributed by atoms with E-state index in [1.807, 2.05) is 26.8 Å². The van der Waals surface area contributed by atoms with E-state index >= 15 is 0 Å². The Kier molecular flexibility index (Phi) is 4.59. The second-order valence-electron chi connectivity index (χ2n) is 6.29. The van der Waals surface area contributed by atoms with Crippen LogP contribution in [0.2, 0.25) is 0 Å². The quantitative estimate of drug-likeness (QED) is 0.900. The normalized spacial score (nSPS) is 17.8. The van der Waals surface area contributed by atoms with Crippen LogP contribution in [0.5, 0.6) is 5.75 Å². The largest absolute Gasteiger partial charge is 0.496 e. The molecular formula is C16H22N2O4. The minimum Gasteiger partial charge on any atom is -0.496 e. The molecule has 1 aliphatic rings. The summed E-state index contributed by atoms with van der Waals surface area (Å²) in [6, 6.07) is 5.36. The van der Waals surface area contributed by atoms with Crippen molar-refractivity contribution < 1.29 is 19.1 Å². The monoisotopic (exact) mass is 306 g/mol. The SMILES string of the molecule is COc1ccc(NC(=O)OC(C)(C)C)cc1C1CNC(=O)C1. The maximum Gasteiger partial charge on any atom is 0.412 e. The Balaban J connectivity index is 2.16. The van der Waals surface area contributed by atoms with E-state index in [0.29, 0.717) is 24.4 Å². The third-order valence-corrected chi connectivity index (χ3v) is 3.29. The molecule has 1 unspecified atom stereocenters. The van der Waals surface area contributed by atoms with Gasteiger partial charge < -0.3 is 14.8 Å². The van der Waals surface area contributed by atoms with Crippen molar-refractivity contribution in [1.82, 2.24) is 5.32 Å². The van der Waals surface area contributed by atoms with Crippen LogP contribution < -0.4 is 15.4 Å².